The highest BCUT2D eigenvalue weighted by Crippen LogP contribution is 2.17. The summed E-state index contributed by atoms with van der Waals surface area (Å²) in [6, 6.07) is 0.906. The number of nitrogens with one attached hydrogen (secondary N) is 1. The van der Waals surface area contributed by atoms with Crippen LogP contribution in [0.15, 0.2) is 0 Å². The molecule has 0 aromatic rings. The Hall–Kier alpha value is 0.500. The minimum Gasteiger partial charge on any atom is -0.314 e. The first-order chi connectivity index (χ1) is 3.97. The van der Waals surface area contributed by atoms with Crippen molar-refractivity contribution in [2.24, 2.45) is 0 Å². The third kappa shape index (κ3) is 1.76. The number of fused-ring (bicyclic) bond motifs is 1. The van der Waals surface area contributed by atoms with E-state index in [1.54, 1.807) is 0 Å². The molecule has 10 heavy (non-hydrogen) atoms. The number of hydrogen-bond acceptors (Lipinski definition) is 2. The Labute approximate surface area is 74.2 Å². The van der Waals surface area contributed by atoms with Gasteiger partial charge in [0.1, 0.15) is 0 Å². The lowest BCUT2D eigenvalue weighted by Crippen LogP contribution is -2.58. The maximum atomic E-state index is 3.37. The van der Waals surface area contributed by atoms with Crippen molar-refractivity contribution in [3.05, 3.63) is 0 Å². The van der Waals surface area contributed by atoms with E-state index in [1.165, 1.54) is 32.6 Å². The van der Waals surface area contributed by atoms with Crippen LogP contribution in [0, 0.1) is 0 Å². The van der Waals surface area contributed by atoms with Crippen LogP contribution in [0.3, 0.4) is 0 Å². The van der Waals surface area contributed by atoms with Crippen molar-refractivity contribution in [2.75, 3.05) is 26.2 Å². The molecular formula is C6H14Cl2N2. The van der Waals surface area contributed by atoms with E-state index < -0.39 is 0 Å². The Balaban J connectivity index is 0.000000405. The Morgan fingerprint density at radius 3 is 2.30 bits per heavy atom. The topological polar surface area (TPSA) is 15.3 Å². The molecule has 1 unspecified atom stereocenters. The molecule has 62 valence electrons. The Bertz CT molecular complexity index is 87.7. The second-order valence-corrected chi connectivity index (χ2v) is 2.68. The zero-order valence-electron chi connectivity index (χ0n) is 5.88. The third-order valence-electron chi connectivity index (χ3n) is 2.22. The van der Waals surface area contributed by atoms with Gasteiger partial charge in [-0.1, -0.05) is 0 Å². The van der Waals surface area contributed by atoms with Crippen LogP contribution in [0.1, 0.15) is 6.42 Å². The molecule has 1 N–H and O–H groups in total. The fourth-order valence-electron chi connectivity index (χ4n) is 1.51. The summed E-state index contributed by atoms with van der Waals surface area (Å²) in [6.45, 7) is 5.08. The summed E-state index contributed by atoms with van der Waals surface area (Å²) in [7, 11) is 0. The molecule has 2 aliphatic rings. The average Bonchev–Trinajstić information content (AvgIpc) is 1.72. The lowest BCUT2D eigenvalue weighted by molar-refractivity contribution is 0.0668. The maximum Gasteiger partial charge on any atom is 0.0233 e. The summed E-state index contributed by atoms with van der Waals surface area (Å²) in [6.07, 6.45) is 1.42. The first kappa shape index (κ1) is 10.5. The summed E-state index contributed by atoms with van der Waals surface area (Å²) in [4.78, 5) is 2.55. The van der Waals surface area contributed by atoms with Crippen LogP contribution in [0.5, 0.6) is 0 Å². The largest absolute Gasteiger partial charge is 0.314 e. The van der Waals surface area contributed by atoms with E-state index in [0.29, 0.717) is 0 Å². The molecule has 0 spiro atoms. The number of hydrogen-bond donors (Lipinski definition) is 1. The van der Waals surface area contributed by atoms with Gasteiger partial charge in [-0.25, -0.2) is 0 Å². The van der Waals surface area contributed by atoms with Crippen molar-refractivity contribution < 1.29 is 0 Å². The van der Waals surface area contributed by atoms with Crippen LogP contribution in [-0.2, 0) is 0 Å². The highest BCUT2D eigenvalue weighted by molar-refractivity contribution is 5.85. The molecule has 4 heteroatoms. The molecule has 2 saturated heterocycles. The molecule has 2 nitrogen and oxygen atoms in total. The average molecular weight is 185 g/mol. The molecule has 2 rings (SSSR count). The van der Waals surface area contributed by atoms with Gasteiger partial charge in [0.2, 0.25) is 0 Å². The van der Waals surface area contributed by atoms with Crippen molar-refractivity contribution >= 4 is 24.8 Å². The molecule has 0 amide bonds. The Morgan fingerprint density at radius 1 is 1.20 bits per heavy atom. The van der Waals surface area contributed by atoms with E-state index >= 15 is 0 Å². The van der Waals surface area contributed by atoms with Gasteiger partial charge in [0.15, 0.2) is 0 Å². The minimum absolute atomic E-state index is 0. The van der Waals surface area contributed by atoms with Crippen LogP contribution in [0.4, 0.5) is 0 Å². The molecule has 0 saturated carbocycles. The summed E-state index contributed by atoms with van der Waals surface area (Å²) >= 11 is 0. The fraction of sp³-hybridized carbons (Fsp3) is 1.00. The highest BCUT2D eigenvalue weighted by Gasteiger charge is 2.29. The van der Waals surface area contributed by atoms with Gasteiger partial charge in [-0.3, -0.25) is 4.90 Å². The van der Waals surface area contributed by atoms with Gasteiger partial charge in [-0.15, -0.1) is 24.8 Å². The van der Waals surface area contributed by atoms with Gasteiger partial charge in [0.05, 0.1) is 0 Å². The van der Waals surface area contributed by atoms with Crippen molar-refractivity contribution in [3.63, 3.8) is 0 Å². The maximum absolute atomic E-state index is 3.37. The number of nitrogens with zero attached hydrogens (tertiary/aromatic N) is 1. The first-order valence-electron chi connectivity index (χ1n) is 3.41. The molecule has 2 fully saturated rings. The van der Waals surface area contributed by atoms with E-state index in [9.17, 15) is 0 Å². The number of rotatable bonds is 0. The second-order valence-electron chi connectivity index (χ2n) is 2.68. The molecule has 0 aromatic heterocycles. The van der Waals surface area contributed by atoms with Gasteiger partial charge >= 0.3 is 0 Å². The lowest BCUT2D eigenvalue weighted by atomic mass is 10.0. The van der Waals surface area contributed by atoms with Gasteiger partial charge < -0.3 is 5.32 Å². The Morgan fingerprint density at radius 2 is 2.00 bits per heavy atom. The van der Waals surface area contributed by atoms with Gasteiger partial charge in [0, 0.05) is 32.2 Å². The van der Waals surface area contributed by atoms with Crippen molar-refractivity contribution in [1.29, 1.82) is 0 Å². The van der Waals surface area contributed by atoms with Crippen molar-refractivity contribution in [1.82, 2.24) is 10.2 Å². The summed E-state index contributed by atoms with van der Waals surface area (Å²) in [5.41, 5.74) is 0. The second kappa shape index (κ2) is 4.39. The summed E-state index contributed by atoms with van der Waals surface area (Å²) in [5, 5.41) is 3.37. The van der Waals surface area contributed by atoms with E-state index in [-0.39, 0.29) is 24.8 Å². The SMILES string of the molecule is C1CN2CCC2CN1.Cl.Cl. The molecule has 0 aromatic carbocycles. The fourth-order valence-corrected chi connectivity index (χ4v) is 1.51. The number of halogens is 2. The van der Waals surface area contributed by atoms with Gasteiger partial charge in [0.25, 0.3) is 0 Å². The van der Waals surface area contributed by atoms with Crippen molar-refractivity contribution in [2.45, 2.75) is 12.5 Å². The van der Waals surface area contributed by atoms with Gasteiger partial charge in [-0.2, -0.15) is 0 Å². The molecule has 0 aliphatic carbocycles. The zero-order chi connectivity index (χ0) is 5.40. The van der Waals surface area contributed by atoms with Crippen LogP contribution in [0.25, 0.3) is 0 Å². The van der Waals surface area contributed by atoms with Crippen LogP contribution >= 0.6 is 24.8 Å². The molecule has 0 bridgehead atoms. The normalized spacial score (nSPS) is 30.6. The first-order valence-corrected chi connectivity index (χ1v) is 3.41. The van der Waals surface area contributed by atoms with Crippen LogP contribution in [-0.4, -0.2) is 37.1 Å². The summed E-state index contributed by atoms with van der Waals surface area (Å²) < 4.78 is 0. The summed E-state index contributed by atoms with van der Waals surface area (Å²) in [5.74, 6) is 0. The monoisotopic (exact) mass is 184 g/mol. The van der Waals surface area contributed by atoms with E-state index in [1.807, 2.05) is 0 Å². The lowest BCUT2D eigenvalue weighted by Gasteiger charge is -2.44. The van der Waals surface area contributed by atoms with E-state index in [2.05, 4.69) is 10.2 Å². The molecule has 2 aliphatic heterocycles. The standard InChI is InChI=1S/C6H12N2.2ClH/c1-3-8-4-2-7-5-6(1)8;;/h6-7H,1-5H2;2*1H. The van der Waals surface area contributed by atoms with Crippen LogP contribution in [0.2, 0.25) is 0 Å². The molecular weight excluding hydrogens is 171 g/mol. The highest BCUT2D eigenvalue weighted by atomic mass is 35.5. The minimum atomic E-state index is 0. The zero-order valence-corrected chi connectivity index (χ0v) is 7.51. The van der Waals surface area contributed by atoms with Gasteiger partial charge in [-0.05, 0) is 6.42 Å². The molecule has 0 radical (unpaired) electrons. The van der Waals surface area contributed by atoms with E-state index in [4.69, 9.17) is 0 Å². The predicted octanol–water partition coefficient (Wildman–Crippen LogP) is 0.507. The van der Waals surface area contributed by atoms with Crippen LogP contribution < -0.4 is 5.32 Å². The molecule has 2 heterocycles. The quantitative estimate of drug-likeness (QED) is 0.591. The smallest absolute Gasteiger partial charge is 0.0233 e. The predicted molar refractivity (Wildman–Crippen MR) is 47.3 cm³/mol. The van der Waals surface area contributed by atoms with Crippen molar-refractivity contribution in [3.8, 4) is 0 Å². The van der Waals surface area contributed by atoms with E-state index in [0.717, 1.165) is 6.04 Å². The third-order valence-corrected chi connectivity index (χ3v) is 2.22. The number of piperazine rings is 1. The Kier molecular flexibility index (Phi) is 4.61. The molecule has 1 atom stereocenters.